The molecule has 0 aromatic heterocycles. The largest absolute Gasteiger partial charge is 0.481 e. The molecule has 1 atom stereocenters. The van der Waals surface area contributed by atoms with Gasteiger partial charge in [0.1, 0.15) is 0 Å². The number of rotatable bonds is 5. The molecule has 106 valence electrons. The van der Waals surface area contributed by atoms with Gasteiger partial charge in [-0.25, -0.2) is 0 Å². The Bertz CT molecular complexity index is 250. The lowest BCUT2D eigenvalue weighted by molar-refractivity contribution is -0.151. The van der Waals surface area contributed by atoms with Crippen LogP contribution in [0, 0.1) is 17.3 Å². The minimum Gasteiger partial charge on any atom is -0.481 e. The molecule has 0 spiro atoms. The first-order chi connectivity index (χ1) is 8.46. The number of carbonyl (C=O) groups is 1. The van der Waals surface area contributed by atoms with E-state index in [4.69, 9.17) is 0 Å². The molecule has 1 unspecified atom stereocenters. The van der Waals surface area contributed by atoms with Gasteiger partial charge in [-0.05, 0) is 37.5 Å². The van der Waals surface area contributed by atoms with E-state index in [-0.39, 0.29) is 0 Å². The van der Waals surface area contributed by atoms with Crippen LogP contribution in [-0.2, 0) is 4.79 Å². The van der Waals surface area contributed by atoms with Crippen LogP contribution >= 0.6 is 0 Å². The van der Waals surface area contributed by atoms with E-state index in [1.807, 2.05) is 0 Å². The third kappa shape index (κ3) is 4.62. The number of aliphatic carboxylic acids is 1. The summed E-state index contributed by atoms with van der Waals surface area (Å²) in [5.74, 6) is 0.653. The van der Waals surface area contributed by atoms with Gasteiger partial charge in [-0.15, -0.1) is 0 Å². The van der Waals surface area contributed by atoms with Gasteiger partial charge in [-0.2, -0.15) is 0 Å². The summed E-state index contributed by atoms with van der Waals surface area (Å²) < 4.78 is 0. The Labute approximate surface area is 112 Å². The molecule has 2 nitrogen and oxygen atoms in total. The molecule has 0 aromatic carbocycles. The molecule has 18 heavy (non-hydrogen) atoms. The van der Waals surface area contributed by atoms with Crippen LogP contribution in [0.3, 0.4) is 0 Å². The van der Waals surface area contributed by atoms with Crippen LogP contribution in [0.4, 0.5) is 0 Å². The summed E-state index contributed by atoms with van der Waals surface area (Å²) in [5, 5.41) is 9.69. The van der Waals surface area contributed by atoms with Crippen molar-refractivity contribution in [3.05, 3.63) is 0 Å². The van der Waals surface area contributed by atoms with Crippen molar-refractivity contribution in [2.24, 2.45) is 17.3 Å². The molecular weight excluding hydrogens is 224 g/mol. The van der Waals surface area contributed by atoms with Gasteiger partial charge in [0.05, 0.1) is 5.41 Å². The maximum atomic E-state index is 11.8. The third-order valence-electron chi connectivity index (χ3n) is 4.38. The predicted octanol–water partition coefficient (Wildman–Crippen LogP) is 4.87. The molecule has 0 amide bonds. The minimum absolute atomic E-state index is 0.422. The van der Waals surface area contributed by atoms with Crippen molar-refractivity contribution in [2.75, 3.05) is 0 Å². The zero-order chi connectivity index (χ0) is 13.6. The van der Waals surface area contributed by atoms with Crippen molar-refractivity contribution in [3.8, 4) is 0 Å². The molecule has 0 heterocycles. The SMILES string of the molecule is CC(C)CC(C)CC1(C(=O)O)CCCCCCC1. The van der Waals surface area contributed by atoms with E-state index in [0.29, 0.717) is 11.8 Å². The minimum atomic E-state index is -0.542. The third-order valence-corrected chi connectivity index (χ3v) is 4.38. The fourth-order valence-electron chi connectivity index (χ4n) is 3.64. The normalized spacial score (nSPS) is 22.2. The van der Waals surface area contributed by atoms with E-state index in [2.05, 4.69) is 20.8 Å². The lowest BCUT2D eigenvalue weighted by Gasteiger charge is -2.34. The van der Waals surface area contributed by atoms with Crippen LogP contribution in [0.15, 0.2) is 0 Å². The van der Waals surface area contributed by atoms with Gasteiger partial charge >= 0.3 is 5.97 Å². The summed E-state index contributed by atoms with van der Waals surface area (Å²) in [6.45, 7) is 6.67. The standard InChI is InChI=1S/C16H30O2/c1-13(2)11-14(3)12-16(15(17)18)9-7-5-4-6-8-10-16/h13-14H,4-12H2,1-3H3,(H,17,18). The Hall–Kier alpha value is -0.530. The highest BCUT2D eigenvalue weighted by atomic mass is 16.4. The van der Waals surface area contributed by atoms with Gasteiger partial charge in [0, 0.05) is 0 Å². The zero-order valence-corrected chi connectivity index (χ0v) is 12.4. The Morgan fingerprint density at radius 1 is 1.06 bits per heavy atom. The van der Waals surface area contributed by atoms with Crippen molar-refractivity contribution in [2.45, 2.75) is 78.6 Å². The van der Waals surface area contributed by atoms with Crippen LogP contribution in [0.2, 0.25) is 0 Å². The first kappa shape index (κ1) is 15.5. The molecule has 0 radical (unpaired) electrons. The molecule has 1 N–H and O–H groups in total. The van der Waals surface area contributed by atoms with E-state index < -0.39 is 11.4 Å². The molecule has 1 aliphatic rings. The smallest absolute Gasteiger partial charge is 0.309 e. The van der Waals surface area contributed by atoms with Crippen LogP contribution in [0.25, 0.3) is 0 Å². The molecule has 1 saturated carbocycles. The number of hydrogen-bond donors (Lipinski definition) is 1. The van der Waals surface area contributed by atoms with Gasteiger partial charge in [0.2, 0.25) is 0 Å². The van der Waals surface area contributed by atoms with E-state index in [1.54, 1.807) is 0 Å². The van der Waals surface area contributed by atoms with E-state index in [9.17, 15) is 9.90 Å². The van der Waals surface area contributed by atoms with Gasteiger partial charge in [0.15, 0.2) is 0 Å². The summed E-state index contributed by atoms with van der Waals surface area (Å²) in [6.07, 6.45) is 9.73. The van der Waals surface area contributed by atoms with Crippen LogP contribution in [0.1, 0.15) is 78.6 Å². The van der Waals surface area contributed by atoms with Crippen molar-refractivity contribution in [3.63, 3.8) is 0 Å². The summed E-state index contributed by atoms with van der Waals surface area (Å²) in [7, 11) is 0. The highest BCUT2D eigenvalue weighted by molar-refractivity contribution is 5.74. The fourth-order valence-corrected chi connectivity index (χ4v) is 3.64. The highest BCUT2D eigenvalue weighted by Gasteiger charge is 2.39. The first-order valence-corrected chi connectivity index (χ1v) is 7.70. The molecule has 0 aliphatic heterocycles. The molecule has 0 saturated heterocycles. The maximum Gasteiger partial charge on any atom is 0.309 e. The zero-order valence-electron chi connectivity index (χ0n) is 12.4. The number of hydrogen-bond acceptors (Lipinski definition) is 1. The quantitative estimate of drug-likeness (QED) is 0.759. The molecule has 0 aromatic rings. The second kappa shape index (κ2) is 7.16. The molecule has 1 aliphatic carbocycles. The Morgan fingerprint density at radius 3 is 2.00 bits per heavy atom. The van der Waals surface area contributed by atoms with Crippen LogP contribution < -0.4 is 0 Å². The maximum absolute atomic E-state index is 11.8. The van der Waals surface area contributed by atoms with Crippen LogP contribution in [-0.4, -0.2) is 11.1 Å². The van der Waals surface area contributed by atoms with Crippen LogP contribution in [0.5, 0.6) is 0 Å². The Kier molecular flexibility index (Phi) is 6.17. The fraction of sp³-hybridized carbons (Fsp3) is 0.938. The van der Waals surface area contributed by atoms with Gasteiger partial charge in [-0.1, -0.05) is 52.9 Å². The van der Waals surface area contributed by atoms with E-state index >= 15 is 0 Å². The summed E-state index contributed by atoms with van der Waals surface area (Å²) in [4.78, 5) is 11.8. The Morgan fingerprint density at radius 2 is 1.56 bits per heavy atom. The monoisotopic (exact) mass is 254 g/mol. The molecule has 1 rings (SSSR count). The van der Waals surface area contributed by atoms with Crippen molar-refractivity contribution >= 4 is 5.97 Å². The highest BCUT2D eigenvalue weighted by Crippen LogP contribution is 2.41. The number of carboxylic acid groups (broad SMARTS) is 1. The predicted molar refractivity (Wildman–Crippen MR) is 75.6 cm³/mol. The average Bonchev–Trinajstić information content (AvgIpc) is 2.20. The summed E-state index contributed by atoms with van der Waals surface area (Å²) in [6, 6.07) is 0. The molecule has 1 fully saturated rings. The molecule has 0 bridgehead atoms. The van der Waals surface area contributed by atoms with Crippen molar-refractivity contribution in [1.82, 2.24) is 0 Å². The van der Waals surface area contributed by atoms with E-state index in [0.717, 1.165) is 38.5 Å². The second-order valence-corrected chi connectivity index (χ2v) is 6.79. The summed E-state index contributed by atoms with van der Waals surface area (Å²) >= 11 is 0. The lowest BCUT2D eigenvalue weighted by Crippen LogP contribution is -2.34. The van der Waals surface area contributed by atoms with Gasteiger partial charge in [0.25, 0.3) is 0 Å². The lowest BCUT2D eigenvalue weighted by atomic mass is 9.70. The average molecular weight is 254 g/mol. The molecule has 2 heteroatoms. The molecular formula is C16H30O2. The second-order valence-electron chi connectivity index (χ2n) is 6.79. The van der Waals surface area contributed by atoms with E-state index in [1.165, 1.54) is 19.3 Å². The van der Waals surface area contributed by atoms with Crippen molar-refractivity contribution in [1.29, 1.82) is 0 Å². The van der Waals surface area contributed by atoms with Gasteiger partial charge in [-0.3, -0.25) is 4.79 Å². The Balaban J connectivity index is 2.68. The first-order valence-electron chi connectivity index (χ1n) is 7.70. The van der Waals surface area contributed by atoms with Gasteiger partial charge < -0.3 is 5.11 Å². The van der Waals surface area contributed by atoms with Crippen molar-refractivity contribution < 1.29 is 9.90 Å². The topological polar surface area (TPSA) is 37.3 Å². The number of carboxylic acids is 1. The summed E-state index contributed by atoms with van der Waals surface area (Å²) in [5.41, 5.74) is -0.422.